The maximum absolute atomic E-state index is 13.1. The molecule has 0 aromatic heterocycles. The Morgan fingerprint density at radius 3 is 2.52 bits per heavy atom. The first-order valence-corrected chi connectivity index (χ1v) is 10.4. The first kappa shape index (κ1) is 18.6. The van der Waals surface area contributed by atoms with E-state index in [1.807, 2.05) is 6.92 Å². The van der Waals surface area contributed by atoms with Crippen LogP contribution in [0.2, 0.25) is 0 Å². The second-order valence-electron chi connectivity index (χ2n) is 7.49. The quantitative estimate of drug-likeness (QED) is 0.573. The summed E-state index contributed by atoms with van der Waals surface area (Å²) in [4.78, 5) is 12.6. The average Bonchev–Trinajstić information content (AvgIpc) is 3.23. The standard InChI is InChI=1S/C19H23NO6S/c1-5-24-18(21)13-10-14-15(17-16(13)25-19(3,4)26-17)20(14)27(22,23)12-8-6-11(2)7-9-12/h6-10,14-17H,5H2,1-4H3/t14-,15-,16-,17+,20?/m1/s1. The van der Waals surface area contributed by atoms with E-state index in [2.05, 4.69) is 0 Å². The third kappa shape index (κ3) is 3.00. The van der Waals surface area contributed by atoms with E-state index in [4.69, 9.17) is 14.2 Å². The first-order chi connectivity index (χ1) is 12.7. The van der Waals surface area contributed by atoms with Gasteiger partial charge in [-0.25, -0.2) is 13.2 Å². The molecule has 0 bridgehead atoms. The molecule has 2 saturated heterocycles. The van der Waals surface area contributed by atoms with Crippen LogP contribution in [0.25, 0.3) is 0 Å². The molecule has 27 heavy (non-hydrogen) atoms. The second kappa shape index (κ2) is 6.13. The van der Waals surface area contributed by atoms with Crippen molar-refractivity contribution < 1.29 is 27.4 Å². The van der Waals surface area contributed by atoms with E-state index in [1.165, 1.54) is 4.31 Å². The van der Waals surface area contributed by atoms with E-state index < -0.39 is 40.0 Å². The van der Waals surface area contributed by atoms with E-state index in [0.717, 1.165) is 5.56 Å². The van der Waals surface area contributed by atoms with Crippen LogP contribution in [0.1, 0.15) is 26.3 Å². The number of hydrogen-bond donors (Lipinski definition) is 0. The van der Waals surface area contributed by atoms with Gasteiger partial charge in [-0.2, -0.15) is 4.31 Å². The van der Waals surface area contributed by atoms with Gasteiger partial charge in [0.25, 0.3) is 0 Å². The Balaban J connectivity index is 1.70. The zero-order chi connectivity index (χ0) is 19.6. The predicted molar refractivity (Wildman–Crippen MR) is 96.3 cm³/mol. The van der Waals surface area contributed by atoms with Gasteiger partial charge in [-0.15, -0.1) is 0 Å². The molecule has 0 spiro atoms. The summed E-state index contributed by atoms with van der Waals surface area (Å²) >= 11 is 0. The molecule has 0 radical (unpaired) electrons. The number of rotatable bonds is 4. The molecule has 0 saturated carbocycles. The third-order valence-corrected chi connectivity index (χ3v) is 6.99. The fourth-order valence-electron chi connectivity index (χ4n) is 3.87. The van der Waals surface area contributed by atoms with Gasteiger partial charge in [-0.05, 0) is 39.8 Å². The Kier molecular flexibility index (Phi) is 4.23. The summed E-state index contributed by atoms with van der Waals surface area (Å²) in [6.45, 7) is 7.37. The van der Waals surface area contributed by atoms with Crippen molar-refractivity contribution in [3.05, 3.63) is 41.5 Å². The second-order valence-corrected chi connectivity index (χ2v) is 9.34. The molecule has 146 valence electrons. The molecule has 3 aliphatic rings. The SMILES string of the molecule is CCOC(=O)C1=C[C@@H]2[C@H]([C@@H]3OC(C)(C)O[C@H]13)N2S(=O)(=O)c1ccc(C)cc1. The maximum atomic E-state index is 13.1. The highest BCUT2D eigenvalue weighted by Crippen LogP contribution is 2.50. The van der Waals surface area contributed by atoms with Crippen LogP contribution in [0.4, 0.5) is 0 Å². The highest BCUT2D eigenvalue weighted by molar-refractivity contribution is 7.89. The Hall–Kier alpha value is -1.74. The van der Waals surface area contributed by atoms with Crippen molar-refractivity contribution in [3.8, 4) is 0 Å². The fourth-order valence-corrected chi connectivity index (χ4v) is 5.61. The normalized spacial score (nSPS) is 33.6. The molecule has 0 amide bonds. The number of aryl methyl sites for hydroxylation is 1. The van der Waals surface area contributed by atoms with Crippen LogP contribution in [0.5, 0.6) is 0 Å². The van der Waals surface area contributed by atoms with Crippen LogP contribution >= 0.6 is 0 Å². The van der Waals surface area contributed by atoms with Crippen LogP contribution in [0.3, 0.4) is 0 Å². The zero-order valence-electron chi connectivity index (χ0n) is 15.7. The molecule has 4 rings (SSSR count). The molecule has 2 fully saturated rings. The summed E-state index contributed by atoms with van der Waals surface area (Å²) in [7, 11) is -3.70. The minimum absolute atomic E-state index is 0.225. The van der Waals surface area contributed by atoms with Crippen LogP contribution in [-0.2, 0) is 29.0 Å². The number of carbonyl (C=O) groups is 1. The van der Waals surface area contributed by atoms with Crippen LogP contribution in [0, 0.1) is 6.92 Å². The summed E-state index contributed by atoms with van der Waals surface area (Å²) in [5, 5.41) is 0. The number of nitrogens with zero attached hydrogens (tertiary/aromatic N) is 1. The molecule has 2 aliphatic heterocycles. The first-order valence-electron chi connectivity index (χ1n) is 9.00. The van der Waals surface area contributed by atoms with Crippen molar-refractivity contribution in [2.45, 2.75) is 62.7 Å². The van der Waals surface area contributed by atoms with Gasteiger partial charge in [0.15, 0.2) is 5.79 Å². The number of carbonyl (C=O) groups excluding carboxylic acids is 1. The molecule has 1 aliphatic carbocycles. The topological polar surface area (TPSA) is 81.9 Å². The average molecular weight is 393 g/mol. The fraction of sp³-hybridized carbons (Fsp3) is 0.526. The number of hydrogen-bond acceptors (Lipinski definition) is 6. The lowest BCUT2D eigenvalue weighted by Crippen LogP contribution is -2.38. The van der Waals surface area contributed by atoms with E-state index in [0.29, 0.717) is 5.57 Å². The van der Waals surface area contributed by atoms with Gasteiger partial charge in [-0.3, -0.25) is 0 Å². The molecule has 7 nitrogen and oxygen atoms in total. The lowest BCUT2D eigenvalue weighted by molar-refractivity contribution is -0.148. The summed E-state index contributed by atoms with van der Waals surface area (Å²) < 4.78 is 44.6. The molecule has 1 unspecified atom stereocenters. The van der Waals surface area contributed by atoms with Crippen LogP contribution in [0.15, 0.2) is 40.8 Å². The lowest BCUT2D eigenvalue weighted by Gasteiger charge is -2.21. The van der Waals surface area contributed by atoms with Crippen molar-refractivity contribution in [3.63, 3.8) is 0 Å². The summed E-state index contributed by atoms with van der Waals surface area (Å²) in [5.41, 5.74) is 1.31. The largest absolute Gasteiger partial charge is 0.463 e. The van der Waals surface area contributed by atoms with Gasteiger partial charge >= 0.3 is 5.97 Å². The monoisotopic (exact) mass is 393 g/mol. The van der Waals surface area contributed by atoms with Gasteiger partial charge < -0.3 is 14.2 Å². The highest BCUT2D eigenvalue weighted by Gasteiger charge is 2.67. The van der Waals surface area contributed by atoms with E-state index >= 15 is 0 Å². The molecule has 0 N–H and O–H groups in total. The zero-order valence-corrected chi connectivity index (χ0v) is 16.5. The molecule has 1 aromatic rings. The third-order valence-electron chi connectivity index (χ3n) is 5.08. The number of fused-ring (bicyclic) bond motifs is 3. The Labute approximate surface area is 158 Å². The lowest BCUT2D eigenvalue weighted by atomic mass is 9.94. The smallest absolute Gasteiger partial charge is 0.336 e. The van der Waals surface area contributed by atoms with Crippen molar-refractivity contribution in [1.29, 1.82) is 0 Å². The minimum atomic E-state index is -3.70. The number of ether oxygens (including phenoxy) is 3. The van der Waals surface area contributed by atoms with Crippen molar-refractivity contribution in [2.24, 2.45) is 0 Å². The Morgan fingerprint density at radius 1 is 1.22 bits per heavy atom. The molecular formula is C19H23NO6S. The maximum Gasteiger partial charge on any atom is 0.336 e. The van der Waals surface area contributed by atoms with E-state index in [-0.39, 0.29) is 17.5 Å². The molecule has 8 heteroatoms. The van der Waals surface area contributed by atoms with Gasteiger partial charge in [0.2, 0.25) is 10.0 Å². The summed E-state index contributed by atoms with van der Waals surface area (Å²) in [5.74, 6) is -1.40. The van der Waals surface area contributed by atoms with Gasteiger partial charge in [0.05, 0.1) is 29.2 Å². The van der Waals surface area contributed by atoms with Crippen molar-refractivity contribution in [1.82, 2.24) is 4.31 Å². The van der Waals surface area contributed by atoms with Crippen LogP contribution in [-0.4, -0.2) is 55.4 Å². The van der Waals surface area contributed by atoms with Gasteiger partial charge in [0, 0.05) is 0 Å². The number of benzene rings is 1. The minimum Gasteiger partial charge on any atom is -0.463 e. The predicted octanol–water partition coefficient (Wildman–Crippen LogP) is 1.76. The van der Waals surface area contributed by atoms with E-state index in [1.54, 1.807) is 51.1 Å². The summed E-state index contributed by atoms with van der Waals surface area (Å²) in [6, 6.07) is 5.90. The highest BCUT2D eigenvalue weighted by atomic mass is 32.2. The molecule has 1 aromatic carbocycles. The molecule has 2 heterocycles. The Bertz CT molecular complexity index is 905. The molecule has 5 atom stereocenters. The molecular weight excluding hydrogens is 370 g/mol. The van der Waals surface area contributed by atoms with Gasteiger partial charge in [0.1, 0.15) is 12.2 Å². The summed E-state index contributed by atoms with van der Waals surface area (Å²) in [6.07, 6.45) is 0.466. The van der Waals surface area contributed by atoms with E-state index in [9.17, 15) is 13.2 Å². The van der Waals surface area contributed by atoms with Crippen molar-refractivity contribution in [2.75, 3.05) is 6.61 Å². The van der Waals surface area contributed by atoms with Crippen molar-refractivity contribution >= 4 is 16.0 Å². The number of esters is 1. The number of sulfonamides is 1. The van der Waals surface area contributed by atoms with Crippen LogP contribution < -0.4 is 0 Å². The van der Waals surface area contributed by atoms with Gasteiger partial charge in [-0.1, -0.05) is 23.8 Å². The Morgan fingerprint density at radius 2 is 1.89 bits per heavy atom.